The van der Waals surface area contributed by atoms with E-state index < -0.39 is 0 Å². The molecule has 0 aliphatic heterocycles. The SMILES string of the molecule is CC(C)(C)c1ccc(CCC=O)cc1.CC(C)C1CCC(CO)CC1.CC(C=O)=CC1C=CC=CC1.Cc1cccc(CC(C)(C)C(C)O)c1.Cc1cccc(CC(C)(C)CO)c1. The summed E-state index contributed by atoms with van der Waals surface area (Å²) in [5.41, 5.74) is 8.72. The summed E-state index contributed by atoms with van der Waals surface area (Å²) in [6.45, 7) is 28.1. The summed E-state index contributed by atoms with van der Waals surface area (Å²) in [4.78, 5) is 20.5. The van der Waals surface area contributed by atoms with E-state index in [4.69, 9.17) is 10.2 Å². The van der Waals surface area contributed by atoms with Gasteiger partial charge in [0.15, 0.2) is 0 Å². The van der Waals surface area contributed by atoms with E-state index in [-0.39, 0.29) is 29.0 Å². The highest BCUT2D eigenvalue weighted by Crippen LogP contribution is 2.33. The van der Waals surface area contributed by atoms with E-state index in [1.54, 1.807) is 0 Å². The van der Waals surface area contributed by atoms with Gasteiger partial charge in [0, 0.05) is 19.6 Å². The van der Waals surface area contributed by atoms with Crippen molar-refractivity contribution in [2.24, 2.45) is 34.5 Å². The Kier molecular flexibility index (Phi) is 26.8. The van der Waals surface area contributed by atoms with Gasteiger partial charge < -0.3 is 20.1 Å². The van der Waals surface area contributed by atoms with Crippen molar-refractivity contribution in [3.8, 4) is 0 Å². The van der Waals surface area contributed by atoms with Crippen LogP contribution in [0.4, 0.5) is 0 Å². The largest absolute Gasteiger partial charge is 0.396 e. The quantitative estimate of drug-likeness (QED) is 0.118. The number of allylic oxidation sites excluding steroid dienone is 6. The van der Waals surface area contributed by atoms with Gasteiger partial charge in [-0.15, -0.1) is 0 Å². The monoisotopic (exact) mass is 865 g/mol. The predicted molar refractivity (Wildman–Crippen MR) is 269 cm³/mol. The molecule has 1 saturated carbocycles. The predicted octanol–water partition coefficient (Wildman–Crippen LogP) is 13.3. The molecule has 0 saturated heterocycles. The molecule has 5 rings (SSSR count). The molecule has 3 N–H and O–H groups in total. The maximum Gasteiger partial charge on any atom is 0.145 e. The lowest BCUT2D eigenvalue weighted by Gasteiger charge is -2.29. The molecule has 2 aliphatic carbocycles. The Bertz CT molecular complexity index is 1790. The van der Waals surface area contributed by atoms with E-state index in [9.17, 15) is 14.7 Å². The smallest absolute Gasteiger partial charge is 0.145 e. The second-order valence-corrected chi connectivity index (χ2v) is 20.9. The van der Waals surface area contributed by atoms with E-state index >= 15 is 0 Å². The fraction of sp³-hybridized carbons (Fsp3) is 0.552. The highest BCUT2D eigenvalue weighted by Gasteiger charge is 2.24. The first-order valence-electron chi connectivity index (χ1n) is 23.6. The lowest BCUT2D eigenvalue weighted by molar-refractivity contribution is -0.108. The van der Waals surface area contributed by atoms with Crippen LogP contribution < -0.4 is 0 Å². The maximum absolute atomic E-state index is 10.3. The van der Waals surface area contributed by atoms with Gasteiger partial charge in [0.1, 0.15) is 12.6 Å². The molecule has 3 aromatic rings. The van der Waals surface area contributed by atoms with Gasteiger partial charge in [0.25, 0.3) is 0 Å². The first kappa shape index (κ1) is 57.1. The summed E-state index contributed by atoms with van der Waals surface area (Å²) in [5, 5.41) is 27.7. The third-order valence-electron chi connectivity index (χ3n) is 12.2. The molecular formula is C58H88O5. The van der Waals surface area contributed by atoms with E-state index in [0.717, 1.165) is 55.7 Å². The van der Waals surface area contributed by atoms with Crippen molar-refractivity contribution >= 4 is 12.6 Å². The maximum atomic E-state index is 10.3. The number of rotatable bonds is 13. The summed E-state index contributed by atoms with van der Waals surface area (Å²) in [5.74, 6) is 2.81. The number of aldehydes is 2. The molecule has 5 heteroatoms. The normalized spacial score (nSPS) is 17.9. The molecule has 2 atom stereocenters. The molecular weight excluding hydrogens is 777 g/mol. The van der Waals surface area contributed by atoms with E-state index in [1.807, 2.05) is 32.1 Å². The standard InChI is InChI=1S/C13H20O.C13H18O.C12H18O.C10H20O.C10H12O/c1-10-6-5-7-12(8-10)9-13(3,4)11(2)14;1-13(2,3)12-8-6-11(7-9-12)5-4-10-14;1-10-5-4-6-11(7-10)8-12(2,3)9-13;1-8(2)10-5-3-9(7-11)4-6-10;1-9(8-11)7-10-5-3-2-4-6-10/h5-8,11,14H,9H2,1-4H3;6-10H,4-5H2,1-3H3;4-7,13H,8-9H2,1-3H3;8-11H,3-7H2,1-2H3;2-5,7-8,10H,6H2,1H3. The number of benzene rings is 3. The van der Waals surface area contributed by atoms with Crippen molar-refractivity contribution in [3.05, 3.63) is 142 Å². The molecule has 0 radical (unpaired) electrons. The number of aryl methyl sites for hydroxylation is 3. The minimum absolute atomic E-state index is 0.00616. The molecule has 2 unspecified atom stereocenters. The van der Waals surface area contributed by atoms with Gasteiger partial charge in [0.05, 0.1) is 6.10 Å². The van der Waals surface area contributed by atoms with Crippen LogP contribution in [0.15, 0.2) is 109 Å². The van der Waals surface area contributed by atoms with E-state index in [2.05, 4.69) is 161 Å². The zero-order chi connectivity index (χ0) is 47.6. The number of hydrogen-bond acceptors (Lipinski definition) is 5. The zero-order valence-electron chi connectivity index (χ0n) is 41.8. The molecule has 0 bridgehead atoms. The average molecular weight is 865 g/mol. The second kappa shape index (κ2) is 29.5. The van der Waals surface area contributed by atoms with Crippen LogP contribution in [0.2, 0.25) is 0 Å². The molecule has 0 spiro atoms. The first-order valence-corrected chi connectivity index (χ1v) is 23.6. The number of aliphatic hydroxyl groups excluding tert-OH is 3. The van der Waals surface area contributed by atoms with Gasteiger partial charge >= 0.3 is 0 Å². The van der Waals surface area contributed by atoms with Gasteiger partial charge in [0.2, 0.25) is 0 Å². The van der Waals surface area contributed by atoms with Crippen LogP contribution in [-0.4, -0.2) is 47.2 Å². The third kappa shape index (κ3) is 25.2. The summed E-state index contributed by atoms with van der Waals surface area (Å²) >= 11 is 0. The number of hydrogen-bond donors (Lipinski definition) is 3. The first-order chi connectivity index (χ1) is 29.5. The number of carbonyl (C=O) groups is 2. The molecule has 350 valence electrons. The van der Waals surface area contributed by atoms with E-state index in [0.29, 0.717) is 24.9 Å². The molecule has 0 heterocycles. The summed E-state index contributed by atoms with van der Waals surface area (Å²) in [6, 6.07) is 25.5. The van der Waals surface area contributed by atoms with Gasteiger partial charge in [-0.05, 0) is 147 Å². The lowest BCUT2D eigenvalue weighted by atomic mass is 9.77. The van der Waals surface area contributed by atoms with Gasteiger partial charge in [-0.3, -0.25) is 4.79 Å². The van der Waals surface area contributed by atoms with Crippen molar-refractivity contribution in [2.45, 2.75) is 159 Å². The Hall–Kier alpha value is -3.90. The van der Waals surface area contributed by atoms with Gasteiger partial charge in [-0.2, -0.15) is 0 Å². The van der Waals surface area contributed by atoms with E-state index in [1.165, 1.54) is 59.1 Å². The Labute approximate surface area is 385 Å². The summed E-state index contributed by atoms with van der Waals surface area (Å²) < 4.78 is 0. The Balaban J connectivity index is 0.000000395. The molecule has 0 aromatic heterocycles. The second-order valence-electron chi connectivity index (χ2n) is 20.9. The number of carbonyl (C=O) groups excluding carboxylic acids is 2. The van der Waals surface area contributed by atoms with Crippen LogP contribution in [0.3, 0.4) is 0 Å². The van der Waals surface area contributed by atoms with Crippen LogP contribution in [-0.2, 0) is 34.3 Å². The van der Waals surface area contributed by atoms with Crippen LogP contribution in [0.1, 0.15) is 148 Å². The molecule has 63 heavy (non-hydrogen) atoms. The van der Waals surface area contributed by atoms with Crippen LogP contribution in [0, 0.1) is 48.3 Å². The van der Waals surface area contributed by atoms with Crippen molar-refractivity contribution in [1.29, 1.82) is 0 Å². The minimum atomic E-state index is -0.275. The molecule has 1 fully saturated rings. The fourth-order valence-electron chi connectivity index (χ4n) is 7.46. The summed E-state index contributed by atoms with van der Waals surface area (Å²) in [7, 11) is 0. The molecule has 2 aliphatic rings. The average Bonchev–Trinajstić information content (AvgIpc) is 3.23. The number of aliphatic hydroxyl groups is 3. The van der Waals surface area contributed by atoms with Crippen molar-refractivity contribution in [1.82, 2.24) is 0 Å². The van der Waals surface area contributed by atoms with Crippen molar-refractivity contribution in [3.63, 3.8) is 0 Å². The molecule has 3 aromatic carbocycles. The summed E-state index contributed by atoms with van der Waals surface area (Å²) in [6.07, 6.45) is 21.4. The lowest BCUT2D eigenvalue weighted by Crippen LogP contribution is -2.28. The highest BCUT2D eigenvalue weighted by atomic mass is 16.3. The van der Waals surface area contributed by atoms with Gasteiger partial charge in [-0.25, -0.2) is 0 Å². The zero-order valence-corrected chi connectivity index (χ0v) is 41.8. The van der Waals surface area contributed by atoms with Crippen LogP contribution in [0.5, 0.6) is 0 Å². The van der Waals surface area contributed by atoms with Crippen LogP contribution in [0.25, 0.3) is 0 Å². The molecule has 5 nitrogen and oxygen atoms in total. The Morgan fingerprint density at radius 3 is 1.71 bits per heavy atom. The minimum Gasteiger partial charge on any atom is -0.396 e. The molecule has 0 amide bonds. The van der Waals surface area contributed by atoms with Crippen LogP contribution >= 0.6 is 0 Å². The van der Waals surface area contributed by atoms with Crippen molar-refractivity contribution < 1.29 is 24.9 Å². The fourth-order valence-corrected chi connectivity index (χ4v) is 7.46. The van der Waals surface area contributed by atoms with Gasteiger partial charge in [-0.1, -0.05) is 177 Å². The highest BCUT2D eigenvalue weighted by molar-refractivity contribution is 5.72. The Morgan fingerprint density at radius 1 is 0.746 bits per heavy atom. The van der Waals surface area contributed by atoms with Crippen molar-refractivity contribution in [2.75, 3.05) is 13.2 Å². The third-order valence-corrected chi connectivity index (χ3v) is 12.2. The topological polar surface area (TPSA) is 94.8 Å². The Morgan fingerprint density at radius 2 is 1.30 bits per heavy atom.